The average Bonchev–Trinajstić information content (AvgIpc) is 2.36. The van der Waals surface area contributed by atoms with Crippen molar-refractivity contribution >= 4 is 39.1 Å². The van der Waals surface area contributed by atoms with Crippen LogP contribution in [0.1, 0.15) is 37.6 Å². The van der Waals surface area contributed by atoms with Crippen LogP contribution in [0.15, 0.2) is 18.2 Å². The number of halogens is 2. The van der Waals surface area contributed by atoms with Gasteiger partial charge in [-0.25, -0.2) is 0 Å². The summed E-state index contributed by atoms with van der Waals surface area (Å²) in [4.78, 5) is 22.8. The van der Waals surface area contributed by atoms with Crippen molar-refractivity contribution in [2.24, 2.45) is 5.41 Å². The molecule has 0 spiro atoms. The number of hydrogen-bond acceptors (Lipinski definition) is 3. The van der Waals surface area contributed by atoms with Crippen LogP contribution in [-0.4, -0.2) is 22.2 Å². The number of benzene rings is 1. The molecule has 1 aromatic rings. The minimum Gasteiger partial charge on any atom is -0.349 e. The molecular weight excluding hydrogens is 360 g/mol. The van der Waals surface area contributed by atoms with Gasteiger partial charge in [0.25, 0.3) is 11.6 Å². The van der Waals surface area contributed by atoms with Crippen LogP contribution in [0.3, 0.4) is 0 Å². The molecule has 1 N–H and O–H groups in total. The fraction of sp³-hybridized carbons (Fsp3) is 0.500. The Morgan fingerprint density at radius 3 is 2.57 bits per heavy atom. The molecule has 0 bridgehead atoms. The van der Waals surface area contributed by atoms with Crippen molar-refractivity contribution in [1.29, 1.82) is 0 Å². The predicted octanol–water partition coefficient (Wildman–Crippen LogP) is 4.18. The Morgan fingerprint density at radius 1 is 1.48 bits per heavy atom. The lowest BCUT2D eigenvalue weighted by molar-refractivity contribution is -0.385. The molecule has 1 atom stereocenters. The largest absolute Gasteiger partial charge is 0.349 e. The molecule has 1 unspecified atom stereocenters. The third-order valence-electron chi connectivity index (χ3n) is 3.15. The van der Waals surface area contributed by atoms with Crippen LogP contribution >= 0.6 is 27.5 Å². The summed E-state index contributed by atoms with van der Waals surface area (Å²) < 4.78 is 0. The molecule has 21 heavy (non-hydrogen) atoms. The fourth-order valence-corrected chi connectivity index (χ4v) is 2.55. The Bertz CT molecular complexity index is 544. The molecule has 0 heterocycles. The van der Waals surface area contributed by atoms with E-state index in [1.54, 1.807) is 0 Å². The third kappa shape index (κ3) is 4.97. The van der Waals surface area contributed by atoms with Gasteiger partial charge in [-0.1, -0.05) is 48.3 Å². The van der Waals surface area contributed by atoms with Crippen molar-refractivity contribution in [3.63, 3.8) is 0 Å². The lowest BCUT2D eigenvalue weighted by Gasteiger charge is -2.31. The molecule has 0 radical (unpaired) electrons. The normalized spacial score (nSPS) is 12.8. The van der Waals surface area contributed by atoms with Crippen molar-refractivity contribution in [2.45, 2.75) is 33.2 Å². The number of amides is 1. The van der Waals surface area contributed by atoms with E-state index >= 15 is 0 Å². The second kappa shape index (κ2) is 7.22. The summed E-state index contributed by atoms with van der Waals surface area (Å²) in [5.41, 5.74) is -0.420. The molecule has 5 nitrogen and oxygen atoms in total. The second-order valence-corrected chi connectivity index (χ2v) is 7.02. The molecule has 0 aromatic heterocycles. The number of rotatable bonds is 5. The molecule has 0 fully saturated rings. The number of nitrogens with one attached hydrogen (secondary N) is 1. The first-order valence-electron chi connectivity index (χ1n) is 6.47. The van der Waals surface area contributed by atoms with Crippen LogP contribution in [0.4, 0.5) is 5.69 Å². The van der Waals surface area contributed by atoms with Crippen LogP contribution in [0.25, 0.3) is 0 Å². The standard InChI is InChI=1S/C14H18BrClN2O3/c1-14(2,3)12(6-7-15)17-13(19)10-8-9(16)4-5-11(10)18(20)21/h4-5,8,12H,6-7H2,1-3H3,(H,17,19). The van der Waals surface area contributed by atoms with E-state index in [0.29, 0.717) is 5.02 Å². The Morgan fingerprint density at radius 2 is 2.10 bits per heavy atom. The molecular formula is C14H18BrClN2O3. The number of nitro groups is 1. The first kappa shape index (κ1) is 17.9. The predicted molar refractivity (Wildman–Crippen MR) is 87.2 cm³/mol. The average molecular weight is 378 g/mol. The van der Waals surface area contributed by atoms with Crippen LogP contribution in [-0.2, 0) is 0 Å². The van der Waals surface area contributed by atoms with Crippen LogP contribution in [0.5, 0.6) is 0 Å². The van der Waals surface area contributed by atoms with Gasteiger partial charge in [0.2, 0.25) is 0 Å². The number of alkyl halides is 1. The molecule has 0 aliphatic carbocycles. The molecule has 1 amide bonds. The summed E-state index contributed by atoms with van der Waals surface area (Å²) >= 11 is 9.20. The smallest absolute Gasteiger partial charge is 0.282 e. The minimum absolute atomic E-state index is 0.0173. The molecule has 0 saturated carbocycles. The molecule has 0 saturated heterocycles. The Hall–Kier alpha value is -1.14. The monoisotopic (exact) mass is 376 g/mol. The van der Waals surface area contributed by atoms with Gasteiger partial charge in [0.15, 0.2) is 0 Å². The summed E-state index contributed by atoms with van der Waals surface area (Å²) in [5.74, 6) is -0.481. The lowest BCUT2D eigenvalue weighted by Crippen LogP contribution is -2.44. The summed E-state index contributed by atoms with van der Waals surface area (Å²) in [6.45, 7) is 6.02. The number of carbonyl (C=O) groups is 1. The van der Waals surface area contributed by atoms with Crippen molar-refractivity contribution in [2.75, 3.05) is 5.33 Å². The first-order valence-corrected chi connectivity index (χ1v) is 7.97. The van der Waals surface area contributed by atoms with Crippen molar-refractivity contribution in [3.05, 3.63) is 38.9 Å². The summed E-state index contributed by atoms with van der Waals surface area (Å²) in [6, 6.07) is 3.86. The highest BCUT2D eigenvalue weighted by molar-refractivity contribution is 9.09. The zero-order valence-electron chi connectivity index (χ0n) is 12.2. The van der Waals surface area contributed by atoms with Crippen molar-refractivity contribution in [3.8, 4) is 0 Å². The molecule has 1 rings (SSSR count). The second-order valence-electron chi connectivity index (χ2n) is 5.79. The van der Waals surface area contributed by atoms with Gasteiger partial charge in [0.05, 0.1) is 4.92 Å². The Balaban J connectivity index is 3.08. The maximum Gasteiger partial charge on any atom is 0.282 e. The summed E-state index contributed by atoms with van der Waals surface area (Å²) in [7, 11) is 0. The van der Waals surface area contributed by atoms with E-state index in [-0.39, 0.29) is 22.7 Å². The highest BCUT2D eigenvalue weighted by Gasteiger charge is 2.28. The zero-order valence-corrected chi connectivity index (χ0v) is 14.5. The molecule has 7 heteroatoms. The van der Waals surface area contributed by atoms with Crippen molar-refractivity contribution in [1.82, 2.24) is 5.32 Å². The number of nitro benzene ring substituents is 1. The van der Waals surface area contributed by atoms with E-state index in [2.05, 4.69) is 21.2 Å². The van der Waals surface area contributed by atoms with Gasteiger partial charge >= 0.3 is 0 Å². The van der Waals surface area contributed by atoms with E-state index in [1.807, 2.05) is 20.8 Å². The van der Waals surface area contributed by atoms with Gasteiger partial charge in [-0.3, -0.25) is 14.9 Å². The van der Waals surface area contributed by atoms with E-state index in [9.17, 15) is 14.9 Å². The van der Waals surface area contributed by atoms with E-state index < -0.39 is 10.8 Å². The minimum atomic E-state index is -0.582. The lowest BCUT2D eigenvalue weighted by atomic mass is 9.85. The van der Waals surface area contributed by atoms with Crippen LogP contribution in [0, 0.1) is 15.5 Å². The van der Waals surface area contributed by atoms with Gasteiger partial charge in [-0.2, -0.15) is 0 Å². The SMILES string of the molecule is CC(C)(C)C(CCBr)NC(=O)c1cc(Cl)ccc1[N+](=O)[O-]. The Kier molecular flexibility index (Phi) is 6.16. The summed E-state index contributed by atoms with van der Waals surface area (Å²) in [5, 5.41) is 14.9. The number of hydrogen-bond donors (Lipinski definition) is 1. The number of nitrogens with zero attached hydrogens (tertiary/aromatic N) is 1. The fourth-order valence-electron chi connectivity index (χ4n) is 1.92. The number of carbonyl (C=O) groups excluding carboxylic acids is 1. The van der Waals surface area contributed by atoms with E-state index in [1.165, 1.54) is 18.2 Å². The first-order chi connectivity index (χ1) is 9.66. The van der Waals surface area contributed by atoms with Gasteiger partial charge in [-0.15, -0.1) is 0 Å². The van der Waals surface area contributed by atoms with Gasteiger partial charge in [0, 0.05) is 22.5 Å². The van der Waals surface area contributed by atoms with Gasteiger partial charge in [-0.05, 0) is 24.0 Å². The highest BCUT2D eigenvalue weighted by atomic mass is 79.9. The third-order valence-corrected chi connectivity index (χ3v) is 3.84. The maximum absolute atomic E-state index is 12.4. The zero-order chi connectivity index (χ0) is 16.2. The topological polar surface area (TPSA) is 72.2 Å². The van der Waals surface area contributed by atoms with E-state index in [4.69, 9.17) is 11.6 Å². The van der Waals surface area contributed by atoms with Crippen LogP contribution < -0.4 is 5.32 Å². The van der Waals surface area contributed by atoms with E-state index in [0.717, 1.165) is 11.8 Å². The maximum atomic E-state index is 12.4. The molecule has 0 aliphatic rings. The molecule has 0 aliphatic heterocycles. The van der Waals surface area contributed by atoms with Gasteiger partial charge in [0.1, 0.15) is 5.56 Å². The quantitative estimate of drug-likeness (QED) is 0.475. The van der Waals surface area contributed by atoms with Gasteiger partial charge < -0.3 is 5.32 Å². The molecule has 1 aromatic carbocycles. The van der Waals surface area contributed by atoms with Crippen LogP contribution in [0.2, 0.25) is 5.02 Å². The Labute approximate surface area is 137 Å². The highest BCUT2D eigenvalue weighted by Crippen LogP contribution is 2.26. The molecule has 116 valence electrons. The summed E-state index contributed by atoms with van der Waals surface area (Å²) in [6.07, 6.45) is 0.726. The van der Waals surface area contributed by atoms with Crippen molar-refractivity contribution < 1.29 is 9.72 Å².